The van der Waals surface area contributed by atoms with E-state index in [0.29, 0.717) is 11.4 Å². The largest absolute Gasteiger partial charge is 0.481 e. The van der Waals surface area contributed by atoms with Gasteiger partial charge in [-0.2, -0.15) is 5.10 Å². The SMILES string of the molecule is COc1cc(C(=O)Nc2ccccc2Sc2c(C)n[nH]c2C)ccn1. The highest BCUT2D eigenvalue weighted by Gasteiger charge is 2.14. The summed E-state index contributed by atoms with van der Waals surface area (Å²) in [7, 11) is 1.52. The van der Waals surface area contributed by atoms with Gasteiger partial charge in [-0.25, -0.2) is 4.98 Å². The van der Waals surface area contributed by atoms with Crippen molar-refractivity contribution in [1.82, 2.24) is 15.2 Å². The van der Waals surface area contributed by atoms with E-state index in [1.165, 1.54) is 7.11 Å². The standard InChI is InChI=1S/C18H18N4O2S/c1-11-17(12(2)22-21-11)25-15-7-5-4-6-14(15)20-18(23)13-8-9-19-16(10-13)24-3/h4-10H,1-3H3,(H,20,23)(H,21,22). The van der Waals surface area contributed by atoms with Crippen LogP contribution in [0.3, 0.4) is 0 Å². The van der Waals surface area contributed by atoms with Crippen LogP contribution in [0, 0.1) is 13.8 Å². The van der Waals surface area contributed by atoms with E-state index in [1.807, 2.05) is 38.1 Å². The van der Waals surface area contributed by atoms with Crippen molar-refractivity contribution < 1.29 is 9.53 Å². The molecule has 0 unspecified atom stereocenters. The molecule has 6 nitrogen and oxygen atoms in total. The second kappa shape index (κ2) is 7.40. The van der Waals surface area contributed by atoms with Crippen molar-refractivity contribution in [3.8, 4) is 5.88 Å². The molecular formula is C18H18N4O2S. The van der Waals surface area contributed by atoms with E-state index in [2.05, 4.69) is 20.5 Å². The van der Waals surface area contributed by atoms with Crippen LogP contribution in [0.25, 0.3) is 0 Å². The molecule has 0 aliphatic rings. The van der Waals surface area contributed by atoms with Crippen LogP contribution in [-0.4, -0.2) is 28.2 Å². The lowest BCUT2D eigenvalue weighted by Crippen LogP contribution is -2.12. The van der Waals surface area contributed by atoms with Gasteiger partial charge in [0.15, 0.2) is 0 Å². The van der Waals surface area contributed by atoms with Gasteiger partial charge in [0.05, 0.1) is 23.4 Å². The fraction of sp³-hybridized carbons (Fsp3) is 0.167. The van der Waals surface area contributed by atoms with E-state index in [4.69, 9.17) is 4.74 Å². The van der Waals surface area contributed by atoms with Gasteiger partial charge in [-0.3, -0.25) is 9.89 Å². The summed E-state index contributed by atoms with van der Waals surface area (Å²) in [6.45, 7) is 3.93. The molecule has 1 aromatic carbocycles. The molecule has 1 amide bonds. The molecular weight excluding hydrogens is 336 g/mol. The average molecular weight is 354 g/mol. The molecule has 3 rings (SSSR count). The number of methoxy groups -OCH3 is 1. The van der Waals surface area contributed by atoms with E-state index in [-0.39, 0.29) is 5.91 Å². The number of H-pyrrole nitrogens is 1. The first-order chi connectivity index (χ1) is 12.1. The minimum atomic E-state index is -0.214. The predicted molar refractivity (Wildman–Crippen MR) is 97.4 cm³/mol. The molecule has 0 fully saturated rings. The Labute approximate surface area is 150 Å². The van der Waals surface area contributed by atoms with Crippen LogP contribution in [0.1, 0.15) is 21.7 Å². The molecule has 0 saturated carbocycles. The second-order valence-corrected chi connectivity index (χ2v) is 6.45. The molecule has 2 heterocycles. The summed E-state index contributed by atoms with van der Waals surface area (Å²) in [5.41, 5.74) is 3.17. The number of aryl methyl sites for hydroxylation is 2. The predicted octanol–water partition coefficient (Wildman–Crippen LogP) is 3.83. The van der Waals surface area contributed by atoms with Gasteiger partial charge in [0.1, 0.15) is 0 Å². The third-order valence-electron chi connectivity index (χ3n) is 3.61. The monoisotopic (exact) mass is 354 g/mol. The van der Waals surface area contributed by atoms with E-state index in [1.54, 1.807) is 30.1 Å². The lowest BCUT2D eigenvalue weighted by molar-refractivity contribution is 0.102. The smallest absolute Gasteiger partial charge is 0.255 e. The van der Waals surface area contributed by atoms with Crippen molar-refractivity contribution in [2.24, 2.45) is 0 Å². The van der Waals surface area contributed by atoms with Crippen LogP contribution in [0.2, 0.25) is 0 Å². The molecule has 2 N–H and O–H groups in total. The quantitative estimate of drug-likeness (QED) is 0.728. The lowest BCUT2D eigenvalue weighted by Gasteiger charge is -2.11. The molecule has 0 aliphatic heterocycles. The molecule has 0 spiro atoms. The van der Waals surface area contributed by atoms with Crippen LogP contribution in [-0.2, 0) is 0 Å². The Morgan fingerprint density at radius 1 is 1.24 bits per heavy atom. The number of pyridine rings is 1. The second-order valence-electron chi connectivity index (χ2n) is 5.40. The fourth-order valence-electron chi connectivity index (χ4n) is 2.32. The Kier molecular flexibility index (Phi) is 5.04. The summed E-state index contributed by atoms with van der Waals surface area (Å²) in [5, 5.41) is 10.1. The molecule has 0 aliphatic carbocycles. The number of rotatable bonds is 5. The highest BCUT2D eigenvalue weighted by molar-refractivity contribution is 7.99. The van der Waals surface area contributed by atoms with Crippen LogP contribution in [0.5, 0.6) is 5.88 Å². The first-order valence-corrected chi connectivity index (χ1v) is 8.50. The van der Waals surface area contributed by atoms with Gasteiger partial charge in [-0.1, -0.05) is 23.9 Å². The third-order valence-corrected chi connectivity index (χ3v) is 5.00. The minimum absolute atomic E-state index is 0.214. The Hall–Kier alpha value is -2.80. The van der Waals surface area contributed by atoms with Crippen LogP contribution >= 0.6 is 11.8 Å². The van der Waals surface area contributed by atoms with Gasteiger partial charge in [-0.05, 0) is 32.0 Å². The molecule has 0 saturated heterocycles. The van der Waals surface area contributed by atoms with E-state index < -0.39 is 0 Å². The third kappa shape index (κ3) is 3.83. The summed E-state index contributed by atoms with van der Waals surface area (Å²) >= 11 is 1.57. The number of carbonyl (C=O) groups excluding carboxylic acids is 1. The number of ether oxygens (including phenoxy) is 1. The highest BCUT2D eigenvalue weighted by Crippen LogP contribution is 2.36. The number of nitrogens with zero attached hydrogens (tertiary/aromatic N) is 2. The maximum atomic E-state index is 12.5. The Balaban J connectivity index is 1.84. The van der Waals surface area contributed by atoms with Crippen molar-refractivity contribution in [2.45, 2.75) is 23.6 Å². The molecule has 2 aromatic heterocycles. The van der Waals surface area contributed by atoms with Crippen molar-refractivity contribution in [1.29, 1.82) is 0 Å². The number of amides is 1. The van der Waals surface area contributed by atoms with Gasteiger partial charge >= 0.3 is 0 Å². The number of hydrogen-bond acceptors (Lipinski definition) is 5. The highest BCUT2D eigenvalue weighted by atomic mass is 32.2. The number of carbonyl (C=O) groups is 1. The van der Waals surface area contributed by atoms with Gasteiger partial charge in [0, 0.05) is 28.4 Å². The first-order valence-electron chi connectivity index (χ1n) is 7.68. The first kappa shape index (κ1) is 17.0. The van der Waals surface area contributed by atoms with E-state index >= 15 is 0 Å². The Morgan fingerprint density at radius 2 is 2.04 bits per heavy atom. The number of aromatic amines is 1. The van der Waals surface area contributed by atoms with E-state index in [0.717, 1.165) is 26.9 Å². The summed E-state index contributed by atoms with van der Waals surface area (Å²) < 4.78 is 5.07. The molecule has 25 heavy (non-hydrogen) atoms. The Morgan fingerprint density at radius 3 is 2.76 bits per heavy atom. The van der Waals surface area contributed by atoms with Gasteiger partial charge in [0.2, 0.25) is 5.88 Å². The van der Waals surface area contributed by atoms with Crippen molar-refractivity contribution in [3.05, 3.63) is 59.5 Å². The normalized spacial score (nSPS) is 10.5. The summed E-state index contributed by atoms with van der Waals surface area (Å²) in [6, 6.07) is 10.9. The van der Waals surface area contributed by atoms with Crippen LogP contribution < -0.4 is 10.1 Å². The maximum Gasteiger partial charge on any atom is 0.255 e. The average Bonchev–Trinajstić information content (AvgIpc) is 2.95. The van der Waals surface area contributed by atoms with Crippen molar-refractivity contribution in [2.75, 3.05) is 12.4 Å². The lowest BCUT2D eigenvalue weighted by atomic mass is 10.2. The zero-order valence-corrected chi connectivity index (χ0v) is 15.0. The van der Waals surface area contributed by atoms with Crippen LogP contribution in [0.15, 0.2) is 52.4 Å². The van der Waals surface area contributed by atoms with Gasteiger partial charge < -0.3 is 10.1 Å². The molecule has 7 heteroatoms. The topological polar surface area (TPSA) is 79.9 Å². The fourth-order valence-corrected chi connectivity index (χ4v) is 3.30. The van der Waals surface area contributed by atoms with E-state index in [9.17, 15) is 4.79 Å². The maximum absolute atomic E-state index is 12.5. The molecule has 0 radical (unpaired) electrons. The number of anilines is 1. The van der Waals surface area contributed by atoms with Gasteiger partial charge in [0.25, 0.3) is 5.91 Å². The molecule has 0 bridgehead atoms. The minimum Gasteiger partial charge on any atom is -0.481 e. The summed E-state index contributed by atoms with van der Waals surface area (Å²) in [5.74, 6) is 0.189. The van der Waals surface area contributed by atoms with Crippen LogP contribution in [0.4, 0.5) is 5.69 Å². The molecule has 3 aromatic rings. The molecule has 128 valence electrons. The number of aromatic nitrogens is 3. The zero-order valence-electron chi connectivity index (χ0n) is 14.2. The van der Waals surface area contributed by atoms with Gasteiger partial charge in [-0.15, -0.1) is 0 Å². The zero-order chi connectivity index (χ0) is 17.8. The summed E-state index contributed by atoms with van der Waals surface area (Å²) in [6.07, 6.45) is 1.55. The Bertz CT molecular complexity index is 888. The van der Waals surface area contributed by atoms with Crippen molar-refractivity contribution in [3.63, 3.8) is 0 Å². The van der Waals surface area contributed by atoms with Crippen molar-refractivity contribution >= 4 is 23.4 Å². The number of nitrogens with one attached hydrogen (secondary N) is 2. The number of para-hydroxylation sites is 1. The summed E-state index contributed by atoms with van der Waals surface area (Å²) in [4.78, 5) is 18.6. The molecule has 0 atom stereocenters. The number of hydrogen-bond donors (Lipinski definition) is 2. The number of benzene rings is 1.